The zero-order valence-corrected chi connectivity index (χ0v) is 22.8. The molecular formula is C29H44O3Si. The number of rotatable bonds is 8. The van der Waals surface area contributed by atoms with E-state index in [1.807, 2.05) is 18.2 Å². The number of ether oxygens (including phenoxy) is 1. The molecular weight excluding hydrogens is 424 g/mol. The highest BCUT2D eigenvalue weighted by molar-refractivity contribution is 6.48. The smallest absolute Gasteiger partial charge is 0.171 e. The van der Waals surface area contributed by atoms with Crippen molar-refractivity contribution in [2.24, 2.45) is 23.2 Å². The summed E-state index contributed by atoms with van der Waals surface area (Å²) < 4.78 is 12.6. The van der Waals surface area contributed by atoms with Crippen LogP contribution in [0.15, 0.2) is 54.6 Å². The maximum absolute atomic E-state index is 11.4. The van der Waals surface area contributed by atoms with Crippen molar-refractivity contribution in [1.82, 2.24) is 0 Å². The van der Waals surface area contributed by atoms with E-state index in [9.17, 15) is 5.11 Å². The standard InChI is InChI=1S/C29H44O3Si/c1-8-24-20(2)25(28(29(3,4)5)32-33(6)7)18-26(30)27(24)22-14-16-23(17-15-22)31-19-21-12-10-9-11-13-21/h9-17,20,24-28,30,33H,8,18-19H2,1-7H3. The van der Waals surface area contributed by atoms with Gasteiger partial charge in [0.1, 0.15) is 12.4 Å². The van der Waals surface area contributed by atoms with Crippen LogP contribution in [0.2, 0.25) is 13.1 Å². The predicted molar refractivity (Wildman–Crippen MR) is 140 cm³/mol. The van der Waals surface area contributed by atoms with Crippen LogP contribution < -0.4 is 4.74 Å². The Kier molecular flexibility index (Phi) is 8.82. The van der Waals surface area contributed by atoms with Crippen molar-refractivity contribution in [3.05, 3.63) is 65.7 Å². The van der Waals surface area contributed by atoms with E-state index in [2.05, 4.69) is 84.1 Å². The Labute approximate surface area is 203 Å². The lowest BCUT2D eigenvalue weighted by atomic mass is 9.59. The third kappa shape index (κ3) is 6.49. The predicted octanol–water partition coefficient (Wildman–Crippen LogP) is 6.81. The van der Waals surface area contributed by atoms with Gasteiger partial charge in [-0.3, -0.25) is 0 Å². The summed E-state index contributed by atoms with van der Waals surface area (Å²) in [6.45, 7) is 16.6. The first-order valence-corrected chi connectivity index (χ1v) is 15.5. The summed E-state index contributed by atoms with van der Waals surface area (Å²) in [7, 11) is -1.18. The number of aliphatic hydroxyl groups is 1. The zero-order valence-electron chi connectivity index (χ0n) is 21.6. The van der Waals surface area contributed by atoms with Gasteiger partial charge in [0.25, 0.3) is 0 Å². The van der Waals surface area contributed by atoms with Gasteiger partial charge in [0.05, 0.1) is 12.2 Å². The SMILES string of the molecule is CCC1C(C)C(C(O[SiH](C)C)C(C)(C)C)CC(O)C1c1ccc(OCc2ccccc2)cc1. The second-order valence-electron chi connectivity index (χ2n) is 11.2. The summed E-state index contributed by atoms with van der Waals surface area (Å²) in [6, 6.07) is 18.7. The van der Waals surface area contributed by atoms with Crippen LogP contribution in [0.5, 0.6) is 5.75 Å². The van der Waals surface area contributed by atoms with Crippen molar-refractivity contribution in [1.29, 1.82) is 0 Å². The van der Waals surface area contributed by atoms with E-state index in [-0.39, 0.29) is 23.5 Å². The van der Waals surface area contributed by atoms with Crippen molar-refractivity contribution in [2.45, 2.75) is 85.3 Å². The molecule has 0 radical (unpaired) electrons. The molecule has 3 nitrogen and oxygen atoms in total. The van der Waals surface area contributed by atoms with Gasteiger partial charge in [0, 0.05) is 5.92 Å². The molecule has 1 aliphatic carbocycles. The third-order valence-electron chi connectivity index (χ3n) is 7.39. The average molecular weight is 469 g/mol. The average Bonchev–Trinajstić information content (AvgIpc) is 2.77. The second-order valence-corrected chi connectivity index (χ2v) is 13.6. The summed E-state index contributed by atoms with van der Waals surface area (Å²) in [5, 5.41) is 11.4. The van der Waals surface area contributed by atoms with Crippen LogP contribution >= 0.6 is 0 Å². The minimum atomic E-state index is -1.18. The highest BCUT2D eigenvalue weighted by Gasteiger charge is 2.47. The molecule has 3 rings (SSSR count). The Hall–Kier alpha value is -1.62. The molecule has 0 spiro atoms. The topological polar surface area (TPSA) is 38.7 Å². The Morgan fingerprint density at radius 3 is 2.21 bits per heavy atom. The maximum atomic E-state index is 11.4. The monoisotopic (exact) mass is 468 g/mol. The quantitative estimate of drug-likeness (QED) is 0.433. The normalized spacial score (nSPS) is 26.9. The fraction of sp³-hybridized carbons (Fsp3) is 0.586. The van der Waals surface area contributed by atoms with Gasteiger partial charge in [-0.05, 0) is 65.9 Å². The van der Waals surface area contributed by atoms with Crippen molar-refractivity contribution in [2.75, 3.05) is 0 Å². The van der Waals surface area contributed by atoms with Crippen molar-refractivity contribution in [3.63, 3.8) is 0 Å². The van der Waals surface area contributed by atoms with Gasteiger partial charge in [0.15, 0.2) is 9.04 Å². The molecule has 0 heterocycles. The van der Waals surface area contributed by atoms with Gasteiger partial charge in [-0.1, -0.05) is 83.5 Å². The highest BCUT2D eigenvalue weighted by Crippen LogP contribution is 2.50. The van der Waals surface area contributed by atoms with E-state index in [1.54, 1.807) is 0 Å². The van der Waals surface area contributed by atoms with Gasteiger partial charge < -0.3 is 14.3 Å². The first-order valence-electron chi connectivity index (χ1n) is 12.7. The van der Waals surface area contributed by atoms with Crippen LogP contribution in [0, 0.1) is 23.2 Å². The van der Waals surface area contributed by atoms with Crippen LogP contribution in [0.4, 0.5) is 0 Å². The third-order valence-corrected chi connectivity index (χ3v) is 8.22. The van der Waals surface area contributed by atoms with Crippen LogP contribution in [-0.2, 0) is 11.0 Å². The minimum Gasteiger partial charge on any atom is -0.489 e. The Bertz CT molecular complexity index is 843. The van der Waals surface area contributed by atoms with Crippen molar-refractivity contribution < 1.29 is 14.3 Å². The molecule has 0 aliphatic heterocycles. The first-order chi connectivity index (χ1) is 15.6. The Morgan fingerprint density at radius 1 is 1.03 bits per heavy atom. The Balaban J connectivity index is 1.76. The number of aliphatic hydroxyl groups excluding tert-OH is 1. The number of hydrogen-bond donors (Lipinski definition) is 1. The maximum Gasteiger partial charge on any atom is 0.171 e. The molecule has 0 aromatic heterocycles. The lowest BCUT2D eigenvalue weighted by Gasteiger charge is -2.50. The van der Waals surface area contributed by atoms with E-state index in [4.69, 9.17) is 9.16 Å². The summed E-state index contributed by atoms with van der Waals surface area (Å²) in [5.74, 6) is 2.33. The highest BCUT2D eigenvalue weighted by atomic mass is 28.3. The van der Waals surface area contributed by atoms with Gasteiger partial charge in [-0.15, -0.1) is 0 Å². The van der Waals surface area contributed by atoms with Crippen LogP contribution in [0.3, 0.4) is 0 Å². The molecule has 182 valence electrons. The van der Waals surface area contributed by atoms with E-state index >= 15 is 0 Å². The zero-order chi connectivity index (χ0) is 24.2. The Morgan fingerprint density at radius 2 is 1.67 bits per heavy atom. The molecule has 33 heavy (non-hydrogen) atoms. The van der Waals surface area contributed by atoms with Crippen molar-refractivity contribution in [3.8, 4) is 5.75 Å². The molecule has 0 amide bonds. The largest absolute Gasteiger partial charge is 0.489 e. The summed E-state index contributed by atoms with van der Waals surface area (Å²) in [5.41, 5.74) is 2.45. The van der Waals surface area contributed by atoms with E-state index < -0.39 is 9.04 Å². The molecule has 6 unspecified atom stereocenters. The van der Waals surface area contributed by atoms with Crippen molar-refractivity contribution >= 4 is 9.04 Å². The molecule has 1 aliphatic rings. The van der Waals surface area contributed by atoms with Gasteiger partial charge in [-0.25, -0.2) is 0 Å². The molecule has 4 heteroatoms. The first kappa shape index (κ1) is 26.0. The summed E-state index contributed by atoms with van der Waals surface area (Å²) in [6.07, 6.45) is 1.70. The van der Waals surface area contributed by atoms with E-state index in [0.717, 1.165) is 24.2 Å². The summed E-state index contributed by atoms with van der Waals surface area (Å²) in [4.78, 5) is 0. The summed E-state index contributed by atoms with van der Waals surface area (Å²) >= 11 is 0. The number of hydrogen-bond acceptors (Lipinski definition) is 3. The van der Waals surface area contributed by atoms with Gasteiger partial charge >= 0.3 is 0 Å². The van der Waals surface area contributed by atoms with E-state index in [1.165, 1.54) is 5.56 Å². The molecule has 1 N–H and O–H groups in total. The van der Waals surface area contributed by atoms with Crippen LogP contribution in [-0.4, -0.2) is 26.4 Å². The minimum absolute atomic E-state index is 0.0682. The molecule has 1 saturated carbocycles. The van der Waals surface area contributed by atoms with Gasteiger partial charge in [-0.2, -0.15) is 0 Å². The molecule has 6 atom stereocenters. The molecule has 1 fully saturated rings. The van der Waals surface area contributed by atoms with Crippen LogP contribution in [0.25, 0.3) is 0 Å². The molecule has 2 aromatic rings. The fourth-order valence-corrected chi connectivity index (χ4v) is 7.03. The second kappa shape index (κ2) is 11.2. The van der Waals surface area contributed by atoms with E-state index in [0.29, 0.717) is 24.4 Å². The molecule has 2 aromatic carbocycles. The number of benzene rings is 2. The van der Waals surface area contributed by atoms with Crippen LogP contribution in [0.1, 0.15) is 64.5 Å². The van der Waals surface area contributed by atoms with Gasteiger partial charge in [0.2, 0.25) is 0 Å². The molecule has 0 bridgehead atoms. The lowest BCUT2D eigenvalue weighted by Crippen LogP contribution is -2.50. The molecule has 0 saturated heterocycles. The lowest BCUT2D eigenvalue weighted by molar-refractivity contribution is -0.0684. The fourth-order valence-electron chi connectivity index (χ4n) is 5.83.